The van der Waals surface area contributed by atoms with Gasteiger partial charge in [-0.05, 0) is 60.2 Å². The standard InChI is InChI=1S/C22H22N4O4S/c1-16-3-2-4-19(13-16)24-11-9-23(10-12-24)15-25-21(27)20(31-22(25)28)14-17-5-7-18(8-6-17)26(29)30/h2-8,13-14H,9-12,15H2,1H3/b20-14+. The lowest BCUT2D eigenvalue weighted by Crippen LogP contribution is -2.50. The molecule has 0 aromatic heterocycles. The zero-order valence-corrected chi connectivity index (χ0v) is 17.9. The predicted molar refractivity (Wildman–Crippen MR) is 121 cm³/mol. The van der Waals surface area contributed by atoms with Gasteiger partial charge in [0, 0.05) is 44.0 Å². The van der Waals surface area contributed by atoms with Crippen molar-refractivity contribution in [1.82, 2.24) is 9.80 Å². The number of anilines is 1. The van der Waals surface area contributed by atoms with Crippen LogP contribution in [0.1, 0.15) is 11.1 Å². The lowest BCUT2D eigenvalue weighted by atomic mass is 10.2. The van der Waals surface area contributed by atoms with E-state index in [1.807, 2.05) is 0 Å². The average molecular weight is 439 g/mol. The lowest BCUT2D eigenvalue weighted by molar-refractivity contribution is -0.384. The molecule has 0 aliphatic carbocycles. The summed E-state index contributed by atoms with van der Waals surface area (Å²) in [5.41, 5.74) is 3.03. The molecule has 0 spiro atoms. The van der Waals surface area contributed by atoms with Crippen LogP contribution in [0.2, 0.25) is 0 Å². The summed E-state index contributed by atoms with van der Waals surface area (Å²) in [6.45, 7) is 5.53. The van der Waals surface area contributed by atoms with Crippen molar-refractivity contribution >= 4 is 40.4 Å². The number of imide groups is 1. The van der Waals surface area contributed by atoms with Crippen LogP contribution < -0.4 is 4.90 Å². The van der Waals surface area contributed by atoms with E-state index in [2.05, 4.69) is 41.0 Å². The Bertz CT molecular complexity index is 1050. The number of piperazine rings is 1. The van der Waals surface area contributed by atoms with Gasteiger partial charge in [0.1, 0.15) is 0 Å². The number of nitro benzene ring substituents is 1. The van der Waals surface area contributed by atoms with Crippen molar-refractivity contribution in [2.75, 3.05) is 37.7 Å². The zero-order valence-electron chi connectivity index (χ0n) is 17.1. The first kappa shape index (κ1) is 21.1. The molecule has 2 aliphatic heterocycles. The van der Waals surface area contributed by atoms with Crippen LogP contribution in [0.15, 0.2) is 53.4 Å². The number of carbonyl (C=O) groups excluding carboxylic acids is 2. The SMILES string of the molecule is Cc1cccc(N2CCN(CN3C(=O)S/C(=C/c4ccc([N+](=O)[O-])cc4)C3=O)CC2)c1. The smallest absolute Gasteiger partial charge is 0.294 e. The largest absolute Gasteiger partial charge is 0.369 e. The zero-order chi connectivity index (χ0) is 22.0. The van der Waals surface area contributed by atoms with Gasteiger partial charge in [-0.3, -0.25) is 29.5 Å². The maximum Gasteiger partial charge on any atom is 0.294 e. The highest BCUT2D eigenvalue weighted by atomic mass is 32.2. The van der Waals surface area contributed by atoms with Crippen molar-refractivity contribution in [2.24, 2.45) is 0 Å². The third kappa shape index (κ3) is 4.78. The molecule has 2 aliphatic rings. The third-order valence-electron chi connectivity index (χ3n) is 5.36. The van der Waals surface area contributed by atoms with Crippen LogP contribution in [0, 0.1) is 17.0 Å². The van der Waals surface area contributed by atoms with Crippen LogP contribution in [0.25, 0.3) is 6.08 Å². The van der Waals surface area contributed by atoms with Crippen molar-refractivity contribution in [2.45, 2.75) is 6.92 Å². The molecule has 2 aromatic rings. The highest BCUT2D eigenvalue weighted by molar-refractivity contribution is 8.18. The number of rotatable bonds is 5. The number of amides is 2. The first-order chi connectivity index (χ1) is 14.9. The molecule has 4 rings (SSSR count). The van der Waals surface area contributed by atoms with Crippen molar-refractivity contribution in [3.8, 4) is 0 Å². The van der Waals surface area contributed by atoms with E-state index in [0.29, 0.717) is 10.5 Å². The Morgan fingerprint density at radius 1 is 1.06 bits per heavy atom. The average Bonchev–Trinajstić information content (AvgIpc) is 3.02. The molecule has 160 valence electrons. The molecule has 0 atom stereocenters. The Morgan fingerprint density at radius 3 is 2.42 bits per heavy atom. The molecule has 2 aromatic carbocycles. The number of hydrogen-bond donors (Lipinski definition) is 0. The fraction of sp³-hybridized carbons (Fsp3) is 0.273. The minimum atomic E-state index is -0.476. The molecule has 2 saturated heterocycles. The first-order valence-corrected chi connectivity index (χ1v) is 10.8. The van der Waals surface area contributed by atoms with Gasteiger partial charge in [0.25, 0.3) is 16.8 Å². The monoisotopic (exact) mass is 438 g/mol. The molecule has 2 heterocycles. The summed E-state index contributed by atoms with van der Waals surface area (Å²) in [5, 5.41) is 10.5. The molecule has 2 amide bonds. The molecule has 2 fully saturated rings. The number of nitrogens with zero attached hydrogens (tertiary/aromatic N) is 4. The summed E-state index contributed by atoms with van der Waals surface area (Å²) in [6, 6.07) is 14.3. The van der Waals surface area contributed by atoms with Crippen LogP contribution in [0.5, 0.6) is 0 Å². The maximum atomic E-state index is 12.8. The molecule has 8 nitrogen and oxygen atoms in total. The molecular formula is C22H22N4O4S. The lowest BCUT2D eigenvalue weighted by Gasteiger charge is -2.37. The Labute approximate surface area is 184 Å². The molecular weight excluding hydrogens is 416 g/mol. The van der Waals surface area contributed by atoms with Crippen molar-refractivity contribution in [3.05, 3.63) is 74.7 Å². The number of nitro groups is 1. The van der Waals surface area contributed by atoms with Crippen LogP contribution in [-0.2, 0) is 4.79 Å². The quantitative estimate of drug-likeness (QED) is 0.399. The topological polar surface area (TPSA) is 87.0 Å². The van der Waals surface area contributed by atoms with Crippen LogP contribution >= 0.6 is 11.8 Å². The first-order valence-electron chi connectivity index (χ1n) is 9.94. The van der Waals surface area contributed by atoms with Crippen molar-refractivity contribution in [1.29, 1.82) is 0 Å². The van der Waals surface area contributed by atoms with Gasteiger partial charge in [-0.2, -0.15) is 0 Å². The summed E-state index contributed by atoms with van der Waals surface area (Å²) in [5.74, 6) is -0.325. The second-order valence-corrected chi connectivity index (χ2v) is 8.54. The normalized spacial score (nSPS) is 18.8. The summed E-state index contributed by atoms with van der Waals surface area (Å²) in [7, 11) is 0. The fourth-order valence-electron chi connectivity index (χ4n) is 3.64. The second-order valence-electron chi connectivity index (χ2n) is 7.54. The second kappa shape index (κ2) is 8.91. The van der Waals surface area contributed by atoms with Gasteiger partial charge in [0.15, 0.2) is 0 Å². The molecule has 0 saturated carbocycles. The van der Waals surface area contributed by atoms with Gasteiger partial charge >= 0.3 is 0 Å². The third-order valence-corrected chi connectivity index (χ3v) is 6.26. The van der Waals surface area contributed by atoms with Crippen molar-refractivity contribution < 1.29 is 14.5 Å². The molecule has 9 heteroatoms. The Balaban J connectivity index is 1.37. The number of non-ortho nitro benzene ring substituents is 1. The number of thioether (sulfide) groups is 1. The number of aryl methyl sites for hydroxylation is 1. The van der Waals surface area contributed by atoms with E-state index in [1.54, 1.807) is 18.2 Å². The van der Waals surface area contributed by atoms with Crippen LogP contribution in [0.4, 0.5) is 16.2 Å². The number of benzene rings is 2. The highest BCUT2D eigenvalue weighted by Gasteiger charge is 2.36. The van der Waals surface area contributed by atoms with Gasteiger partial charge in [0.2, 0.25) is 0 Å². The van der Waals surface area contributed by atoms with Gasteiger partial charge < -0.3 is 4.90 Å². The summed E-state index contributed by atoms with van der Waals surface area (Å²) in [4.78, 5) is 41.5. The Hall–Kier alpha value is -3.17. The maximum absolute atomic E-state index is 12.8. The van der Waals surface area contributed by atoms with Crippen LogP contribution in [0.3, 0.4) is 0 Å². The van der Waals surface area contributed by atoms with E-state index in [-0.39, 0.29) is 23.5 Å². The minimum absolute atomic E-state index is 0.0185. The van der Waals surface area contributed by atoms with Gasteiger partial charge in [-0.25, -0.2) is 0 Å². The van der Waals surface area contributed by atoms with E-state index in [1.165, 1.54) is 28.3 Å². The molecule has 0 radical (unpaired) electrons. The highest BCUT2D eigenvalue weighted by Crippen LogP contribution is 2.32. The van der Waals surface area contributed by atoms with E-state index in [9.17, 15) is 19.7 Å². The summed E-state index contributed by atoms with van der Waals surface area (Å²) < 4.78 is 0. The summed E-state index contributed by atoms with van der Waals surface area (Å²) in [6.07, 6.45) is 1.60. The summed E-state index contributed by atoms with van der Waals surface area (Å²) >= 11 is 0.902. The molecule has 0 unspecified atom stereocenters. The number of carbonyl (C=O) groups is 2. The van der Waals surface area contributed by atoms with E-state index in [0.717, 1.165) is 37.9 Å². The van der Waals surface area contributed by atoms with Gasteiger partial charge in [0.05, 0.1) is 16.5 Å². The van der Waals surface area contributed by atoms with E-state index in [4.69, 9.17) is 0 Å². The fourth-order valence-corrected chi connectivity index (χ4v) is 4.47. The van der Waals surface area contributed by atoms with Gasteiger partial charge in [-0.15, -0.1) is 0 Å². The minimum Gasteiger partial charge on any atom is -0.369 e. The number of hydrogen-bond acceptors (Lipinski definition) is 7. The van der Waals surface area contributed by atoms with E-state index >= 15 is 0 Å². The molecule has 0 N–H and O–H groups in total. The molecule has 31 heavy (non-hydrogen) atoms. The van der Waals surface area contributed by atoms with Crippen molar-refractivity contribution in [3.63, 3.8) is 0 Å². The van der Waals surface area contributed by atoms with E-state index < -0.39 is 4.92 Å². The Morgan fingerprint density at radius 2 is 1.77 bits per heavy atom. The predicted octanol–water partition coefficient (Wildman–Crippen LogP) is 3.72. The Kier molecular flexibility index (Phi) is 6.06. The molecule has 0 bridgehead atoms. The van der Waals surface area contributed by atoms with Gasteiger partial charge in [-0.1, -0.05) is 12.1 Å². The van der Waals surface area contributed by atoms with Crippen LogP contribution in [-0.4, -0.2) is 58.7 Å².